The van der Waals surface area contributed by atoms with Crippen molar-refractivity contribution in [1.82, 2.24) is 0 Å². The largest absolute Gasteiger partial charge is 0.507 e. The van der Waals surface area contributed by atoms with Crippen LogP contribution in [0.3, 0.4) is 0 Å². The Kier molecular flexibility index (Phi) is 2.84. The van der Waals surface area contributed by atoms with Crippen molar-refractivity contribution < 1.29 is 19.8 Å². The molecular formula is C15H13NO4. The smallest absolute Gasteiger partial charge is 0.262 e. The zero-order valence-corrected chi connectivity index (χ0v) is 10.8. The lowest BCUT2D eigenvalue weighted by atomic mass is 9.92. The van der Waals surface area contributed by atoms with Gasteiger partial charge in [0, 0.05) is 11.6 Å². The molecule has 0 saturated carbocycles. The first-order chi connectivity index (χ1) is 9.63. The van der Waals surface area contributed by atoms with Crippen LogP contribution < -0.4 is 9.80 Å². The lowest BCUT2D eigenvalue weighted by Gasteiger charge is -2.13. The summed E-state index contributed by atoms with van der Waals surface area (Å²) in [5, 5.41) is 20.6. The molecule has 2 aromatic carbocycles. The highest BCUT2D eigenvalue weighted by Crippen LogP contribution is 2.43. The van der Waals surface area contributed by atoms with Crippen molar-refractivity contribution in [3.05, 3.63) is 53.6 Å². The van der Waals surface area contributed by atoms with E-state index in [1.807, 2.05) is 0 Å². The van der Waals surface area contributed by atoms with Crippen molar-refractivity contribution in [2.75, 3.05) is 12.2 Å². The predicted molar refractivity (Wildman–Crippen MR) is 72.2 cm³/mol. The number of carbonyl (C=O) groups excluding carboxylic acids is 1. The quantitative estimate of drug-likeness (QED) is 0.822. The molecule has 2 aromatic rings. The summed E-state index contributed by atoms with van der Waals surface area (Å²) in [6.45, 7) is 0. The summed E-state index contributed by atoms with van der Waals surface area (Å²) in [7, 11) is 1.50. The van der Waals surface area contributed by atoms with Crippen molar-refractivity contribution in [3.63, 3.8) is 0 Å². The average molecular weight is 271 g/mol. The fraction of sp³-hybridized carbons (Fsp3) is 0.133. The van der Waals surface area contributed by atoms with Crippen molar-refractivity contribution >= 4 is 11.6 Å². The van der Waals surface area contributed by atoms with Crippen molar-refractivity contribution in [3.8, 4) is 11.5 Å². The van der Waals surface area contributed by atoms with Gasteiger partial charge in [-0.3, -0.25) is 10.0 Å². The van der Waals surface area contributed by atoms with E-state index in [1.165, 1.54) is 13.2 Å². The monoisotopic (exact) mass is 271 g/mol. The Morgan fingerprint density at radius 3 is 2.60 bits per heavy atom. The number of methoxy groups -OCH3 is 1. The number of phenols is 1. The van der Waals surface area contributed by atoms with Crippen LogP contribution in [0.4, 0.5) is 5.69 Å². The van der Waals surface area contributed by atoms with Gasteiger partial charge in [0.2, 0.25) is 0 Å². The Morgan fingerprint density at radius 1 is 1.15 bits per heavy atom. The Labute approximate surface area is 115 Å². The molecule has 20 heavy (non-hydrogen) atoms. The van der Waals surface area contributed by atoms with E-state index in [-0.39, 0.29) is 5.75 Å². The molecule has 1 unspecified atom stereocenters. The van der Waals surface area contributed by atoms with Gasteiger partial charge in [0.1, 0.15) is 11.5 Å². The molecule has 0 spiro atoms. The third-order valence-corrected chi connectivity index (χ3v) is 3.48. The van der Waals surface area contributed by atoms with Gasteiger partial charge in [-0.2, -0.15) is 5.06 Å². The van der Waals surface area contributed by atoms with Crippen LogP contribution in [-0.4, -0.2) is 23.3 Å². The van der Waals surface area contributed by atoms with E-state index in [9.17, 15) is 15.1 Å². The summed E-state index contributed by atoms with van der Waals surface area (Å²) in [4.78, 5) is 12.2. The Balaban J connectivity index is 2.13. The molecule has 3 rings (SSSR count). The molecule has 0 aliphatic carbocycles. The maximum atomic E-state index is 12.2. The molecular weight excluding hydrogens is 258 g/mol. The minimum absolute atomic E-state index is 0.0344. The lowest BCUT2D eigenvalue weighted by Crippen LogP contribution is -2.25. The zero-order valence-electron chi connectivity index (χ0n) is 10.8. The van der Waals surface area contributed by atoms with Crippen LogP contribution in [0.25, 0.3) is 0 Å². The molecule has 0 saturated heterocycles. The number of hydrogen-bond acceptors (Lipinski definition) is 4. The van der Waals surface area contributed by atoms with Gasteiger partial charge in [0.05, 0.1) is 18.7 Å². The van der Waals surface area contributed by atoms with Crippen molar-refractivity contribution in [2.45, 2.75) is 5.92 Å². The first-order valence-corrected chi connectivity index (χ1v) is 6.12. The third-order valence-electron chi connectivity index (χ3n) is 3.48. The predicted octanol–water partition coefficient (Wildman–Crippen LogP) is 2.27. The molecule has 5 heteroatoms. The van der Waals surface area contributed by atoms with Crippen LogP contribution in [0, 0.1) is 0 Å². The highest BCUT2D eigenvalue weighted by molar-refractivity contribution is 6.05. The molecule has 0 aromatic heterocycles. The topological polar surface area (TPSA) is 70.0 Å². The number of phenolic OH excluding ortho intramolecular Hbond substituents is 1. The molecule has 1 heterocycles. The minimum atomic E-state index is -0.706. The van der Waals surface area contributed by atoms with E-state index in [0.717, 1.165) is 0 Å². The summed E-state index contributed by atoms with van der Waals surface area (Å²) in [5.74, 6) is -0.715. The number of nitrogens with zero attached hydrogens (tertiary/aromatic N) is 1. The molecule has 0 fully saturated rings. The Hall–Kier alpha value is -2.53. The number of ether oxygens (including phenoxy) is 1. The number of benzene rings is 2. The van der Waals surface area contributed by atoms with E-state index in [4.69, 9.17) is 4.74 Å². The molecule has 2 N–H and O–H groups in total. The summed E-state index contributed by atoms with van der Waals surface area (Å²) in [5.41, 5.74) is 1.55. The van der Waals surface area contributed by atoms with E-state index in [0.29, 0.717) is 27.6 Å². The second-order valence-electron chi connectivity index (χ2n) is 4.57. The second-order valence-corrected chi connectivity index (χ2v) is 4.57. The molecule has 1 aliphatic rings. The number of hydroxylamine groups is 1. The second kappa shape index (κ2) is 4.54. The van der Waals surface area contributed by atoms with Crippen LogP contribution in [-0.2, 0) is 4.79 Å². The number of aromatic hydroxyl groups is 1. The van der Waals surface area contributed by atoms with Crippen LogP contribution >= 0.6 is 0 Å². The van der Waals surface area contributed by atoms with Gasteiger partial charge >= 0.3 is 0 Å². The SMILES string of the molecule is COc1ccc(C2C(=O)N(O)c3ccccc32)c(O)c1. The fourth-order valence-electron chi connectivity index (χ4n) is 2.49. The number of rotatable bonds is 2. The van der Waals surface area contributed by atoms with Gasteiger partial charge in [-0.05, 0) is 17.7 Å². The highest BCUT2D eigenvalue weighted by atomic mass is 16.5. The van der Waals surface area contributed by atoms with E-state index >= 15 is 0 Å². The number of amides is 1. The average Bonchev–Trinajstić information content (AvgIpc) is 2.72. The fourth-order valence-corrected chi connectivity index (χ4v) is 2.49. The number of anilines is 1. The van der Waals surface area contributed by atoms with Gasteiger partial charge in [-0.1, -0.05) is 24.3 Å². The highest BCUT2D eigenvalue weighted by Gasteiger charge is 2.38. The maximum absolute atomic E-state index is 12.2. The first kappa shape index (κ1) is 12.5. The normalized spacial score (nSPS) is 17.2. The maximum Gasteiger partial charge on any atom is 0.262 e. The van der Waals surface area contributed by atoms with Gasteiger partial charge < -0.3 is 9.84 Å². The number of fused-ring (bicyclic) bond motifs is 1. The van der Waals surface area contributed by atoms with E-state index in [2.05, 4.69) is 0 Å². The van der Waals surface area contributed by atoms with Gasteiger partial charge in [0.15, 0.2) is 0 Å². The number of carbonyl (C=O) groups is 1. The Morgan fingerprint density at radius 2 is 1.90 bits per heavy atom. The molecule has 5 nitrogen and oxygen atoms in total. The van der Waals surface area contributed by atoms with Crippen LogP contribution in [0.1, 0.15) is 17.0 Å². The lowest BCUT2D eigenvalue weighted by molar-refractivity contribution is -0.123. The Bertz CT molecular complexity index is 683. The van der Waals surface area contributed by atoms with Crippen molar-refractivity contribution in [2.24, 2.45) is 0 Å². The summed E-state index contributed by atoms with van der Waals surface area (Å²) >= 11 is 0. The summed E-state index contributed by atoms with van der Waals surface area (Å²) < 4.78 is 5.03. The summed E-state index contributed by atoms with van der Waals surface area (Å²) in [6, 6.07) is 11.7. The van der Waals surface area contributed by atoms with Crippen LogP contribution in [0.5, 0.6) is 11.5 Å². The number of para-hydroxylation sites is 1. The first-order valence-electron chi connectivity index (χ1n) is 6.12. The third kappa shape index (κ3) is 1.71. The zero-order chi connectivity index (χ0) is 14.3. The van der Waals surface area contributed by atoms with Gasteiger partial charge in [0.25, 0.3) is 5.91 Å². The van der Waals surface area contributed by atoms with Crippen LogP contribution in [0.15, 0.2) is 42.5 Å². The molecule has 0 bridgehead atoms. The standard InChI is InChI=1S/C15H13NO4/c1-20-9-6-7-11(13(17)8-9)14-10-4-2-3-5-12(10)16(19)15(14)18/h2-8,14,17,19H,1H3. The summed E-state index contributed by atoms with van der Waals surface area (Å²) in [6.07, 6.45) is 0. The van der Waals surface area contributed by atoms with Gasteiger partial charge in [-0.25, -0.2) is 0 Å². The molecule has 1 aliphatic heterocycles. The number of hydrogen-bond donors (Lipinski definition) is 2. The van der Waals surface area contributed by atoms with E-state index in [1.54, 1.807) is 36.4 Å². The van der Waals surface area contributed by atoms with E-state index < -0.39 is 11.8 Å². The van der Waals surface area contributed by atoms with Crippen LogP contribution in [0.2, 0.25) is 0 Å². The minimum Gasteiger partial charge on any atom is -0.507 e. The molecule has 102 valence electrons. The molecule has 1 atom stereocenters. The van der Waals surface area contributed by atoms with Gasteiger partial charge in [-0.15, -0.1) is 0 Å². The van der Waals surface area contributed by atoms with Crippen molar-refractivity contribution in [1.29, 1.82) is 0 Å². The molecule has 1 amide bonds. The molecule has 0 radical (unpaired) electrons.